The minimum absolute atomic E-state index is 0.0176. The number of ether oxygens (including phenoxy) is 1. The van der Waals surface area contributed by atoms with Gasteiger partial charge in [0.1, 0.15) is 6.54 Å². The molecule has 2 N–H and O–H groups in total. The molecule has 0 fully saturated rings. The number of hydrogen-bond acceptors (Lipinski definition) is 8. The Hall–Kier alpha value is -3.89. The topological polar surface area (TPSA) is 153 Å². The van der Waals surface area contributed by atoms with Crippen molar-refractivity contribution >= 4 is 29.4 Å². The molecular formula is C16H15N5O6. The molecule has 1 aromatic heterocycles. The summed E-state index contributed by atoms with van der Waals surface area (Å²) in [4.78, 5) is 53.3. The van der Waals surface area contributed by atoms with E-state index in [-0.39, 0.29) is 17.2 Å². The van der Waals surface area contributed by atoms with Crippen LogP contribution in [0.5, 0.6) is 0 Å². The summed E-state index contributed by atoms with van der Waals surface area (Å²) < 4.78 is 4.90. The molecule has 1 aromatic carbocycles. The Labute approximate surface area is 152 Å². The molecule has 2 aromatic rings. The van der Waals surface area contributed by atoms with E-state index in [0.29, 0.717) is 0 Å². The maximum Gasteiger partial charge on any atom is 0.326 e. The van der Waals surface area contributed by atoms with Crippen molar-refractivity contribution in [2.24, 2.45) is 0 Å². The first-order chi connectivity index (χ1) is 12.9. The van der Waals surface area contributed by atoms with E-state index >= 15 is 0 Å². The normalized spacial score (nSPS) is 11.1. The van der Waals surface area contributed by atoms with E-state index in [9.17, 15) is 24.5 Å². The second kappa shape index (κ2) is 8.99. The summed E-state index contributed by atoms with van der Waals surface area (Å²) in [6, 6.07) is 6.61. The van der Waals surface area contributed by atoms with Crippen molar-refractivity contribution in [1.29, 1.82) is 0 Å². The molecule has 0 spiro atoms. The van der Waals surface area contributed by atoms with Gasteiger partial charge in [-0.3, -0.25) is 29.8 Å². The lowest BCUT2D eigenvalue weighted by molar-refractivity contribution is -0.384. The van der Waals surface area contributed by atoms with Crippen molar-refractivity contribution in [2.45, 2.75) is 13.0 Å². The summed E-state index contributed by atoms with van der Waals surface area (Å²) in [5.74, 6) is -2.13. The Morgan fingerprint density at radius 1 is 1.22 bits per heavy atom. The number of anilines is 1. The largest absolute Gasteiger partial charge is 0.451 e. The van der Waals surface area contributed by atoms with Crippen LogP contribution >= 0.6 is 0 Å². The number of amides is 2. The van der Waals surface area contributed by atoms with Crippen LogP contribution in [0, 0.1) is 10.1 Å². The fraction of sp³-hybridized carbons (Fsp3) is 0.188. The van der Waals surface area contributed by atoms with Crippen LogP contribution in [0.1, 0.15) is 17.3 Å². The molecule has 11 heteroatoms. The molecule has 0 bridgehead atoms. The van der Waals surface area contributed by atoms with Crippen molar-refractivity contribution in [2.75, 3.05) is 11.9 Å². The summed E-state index contributed by atoms with van der Waals surface area (Å²) >= 11 is 0. The zero-order valence-electron chi connectivity index (χ0n) is 14.1. The monoisotopic (exact) mass is 373 g/mol. The number of nitrogens with one attached hydrogen (secondary N) is 2. The van der Waals surface area contributed by atoms with Crippen LogP contribution in [-0.2, 0) is 14.3 Å². The summed E-state index contributed by atoms with van der Waals surface area (Å²) in [6.07, 6.45) is 1.72. The van der Waals surface area contributed by atoms with E-state index in [2.05, 4.69) is 20.6 Å². The second-order valence-corrected chi connectivity index (χ2v) is 5.18. The van der Waals surface area contributed by atoms with Gasteiger partial charge < -0.3 is 10.1 Å². The summed E-state index contributed by atoms with van der Waals surface area (Å²) in [5.41, 5.74) is -0.234. The second-order valence-electron chi connectivity index (χ2n) is 5.18. The van der Waals surface area contributed by atoms with Gasteiger partial charge in [0.05, 0.1) is 4.92 Å². The van der Waals surface area contributed by atoms with E-state index in [1.807, 2.05) is 0 Å². The average molecular weight is 373 g/mol. The van der Waals surface area contributed by atoms with Gasteiger partial charge in [-0.25, -0.2) is 9.97 Å². The Kier molecular flexibility index (Phi) is 6.47. The molecule has 0 saturated heterocycles. The molecule has 2 rings (SSSR count). The number of carbonyl (C=O) groups excluding carboxylic acids is 3. The molecule has 1 atom stereocenters. The van der Waals surface area contributed by atoms with Crippen molar-refractivity contribution in [1.82, 2.24) is 15.3 Å². The van der Waals surface area contributed by atoms with E-state index in [1.165, 1.54) is 37.5 Å². The minimum Gasteiger partial charge on any atom is -0.451 e. The van der Waals surface area contributed by atoms with Crippen molar-refractivity contribution in [3.05, 3.63) is 58.4 Å². The minimum atomic E-state index is -1.14. The number of nitrogens with zero attached hydrogens (tertiary/aromatic N) is 3. The Bertz CT molecular complexity index is 857. The zero-order valence-corrected chi connectivity index (χ0v) is 14.1. The predicted octanol–water partition coefficient (Wildman–Crippen LogP) is 0.685. The number of hydrogen-bond donors (Lipinski definition) is 2. The molecule has 2 amide bonds. The highest BCUT2D eigenvalue weighted by Crippen LogP contribution is 2.12. The first-order valence-corrected chi connectivity index (χ1v) is 7.67. The number of rotatable bonds is 7. The number of carbonyl (C=O) groups is 3. The van der Waals surface area contributed by atoms with Crippen LogP contribution in [0.25, 0.3) is 0 Å². The van der Waals surface area contributed by atoms with Crippen LogP contribution in [0.4, 0.5) is 11.6 Å². The Balaban J connectivity index is 1.83. The molecule has 0 aliphatic heterocycles. The van der Waals surface area contributed by atoms with E-state index < -0.39 is 35.4 Å². The van der Waals surface area contributed by atoms with Gasteiger partial charge in [0.2, 0.25) is 5.95 Å². The highest BCUT2D eigenvalue weighted by molar-refractivity contribution is 5.97. The van der Waals surface area contributed by atoms with Gasteiger partial charge >= 0.3 is 5.97 Å². The molecule has 0 aliphatic rings. The average Bonchev–Trinajstić information content (AvgIpc) is 2.66. The fourth-order valence-electron chi connectivity index (χ4n) is 1.88. The molecule has 0 saturated carbocycles. The Morgan fingerprint density at radius 2 is 1.93 bits per heavy atom. The van der Waals surface area contributed by atoms with E-state index in [1.54, 1.807) is 6.07 Å². The number of nitro benzene ring substituents is 1. The number of aromatic nitrogens is 2. The van der Waals surface area contributed by atoms with Gasteiger partial charge in [-0.2, -0.15) is 0 Å². The lowest BCUT2D eigenvalue weighted by Crippen LogP contribution is -2.36. The molecule has 0 aliphatic carbocycles. The number of nitro groups is 1. The zero-order chi connectivity index (χ0) is 19.8. The highest BCUT2D eigenvalue weighted by atomic mass is 16.6. The van der Waals surface area contributed by atoms with Crippen LogP contribution in [0.2, 0.25) is 0 Å². The third-order valence-corrected chi connectivity index (χ3v) is 3.19. The van der Waals surface area contributed by atoms with Crippen LogP contribution in [0.15, 0.2) is 42.7 Å². The lowest BCUT2D eigenvalue weighted by Gasteiger charge is -2.13. The van der Waals surface area contributed by atoms with Gasteiger partial charge in [-0.1, -0.05) is 6.07 Å². The summed E-state index contributed by atoms with van der Waals surface area (Å²) in [5, 5.41) is 15.3. The third kappa shape index (κ3) is 5.85. The summed E-state index contributed by atoms with van der Waals surface area (Å²) in [6.45, 7) is 0.833. The van der Waals surface area contributed by atoms with E-state index in [4.69, 9.17) is 4.74 Å². The van der Waals surface area contributed by atoms with Crippen LogP contribution < -0.4 is 10.6 Å². The van der Waals surface area contributed by atoms with Crippen molar-refractivity contribution < 1.29 is 24.0 Å². The molecule has 11 nitrogen and oxygen atoms in total. The van der Waals surface area contributed by atoms with Gasteiger partial charge in [0.25, 0.3) is 17.5 Å². The molecule has 1 unspecified atom stereocenters. The van der Waals surface area contributed by atoms with Crippen LogP contribution in [0.3, 0.4) is 0 Å². The molecular weight excluding hydrogens is 358 g/mol. The van der Waals surface area contributed by atoms with E-state index in [0.717, 1.165) is 6.07 Å². The number of esters is 1. The summed E-state index contributed by atoms with van der Waals surface area (Å²) in [7, 11) is 0. The molecule has 0 radical (unpaired) electrons. The van der Waals surface area contributed by atoms with Gasteiger partial charge in [0, 0.05) is 30.1 Å². The van der Waals surface area contributed by atoms with Gasteiger partial charge in [0.15, 0.2) is 6.10 Å². The maximum absolute atomic E-state index is 11.9. The number of benzene rings is 1. The number of non-ortho nitro benzene ring substituents is 1. The maximum atomic E-state index is 11.9. The van der Waals surface area contributed by atoms with Crippen LogP contribution in [-0.4, -0.2) is 45.3 Å². The quantitative estimate of drug-likeness (QED) is 0.408. The molecule has 1 heterocycles. The Morgan fingerprint density at radius 3 is 2.59 bits per heavy atom. The van der Waals surface area contributed by atoms with Gasteiger partial charge in [-0.05, 0) is 19.1 Å². The third-order valence-electron chi connectivity index (χ3n) is 3.19. The predicted molar refractivity (Wildman–Crippen MR) is 91.6 cm³/mol. The molecule has 27 heavy (non-hydrogen) atoms. The lowest BCUT2D eigenvalue weighted by atomic mass is 10.2. The standard InChI is InChI=1S/C16H15N5O6/c1-10(14(23)20-16-17-6-3-7-18-16)27-13(22)9-19-15(24)11-4-2-5-12(8-11)21(25)26/h2-8,10H,9H2,1H3,(H,19,24)(H,17,18,20,23). The first kappa shape index (κ1) is 19.4. The fourth-order valence-corrected chi connectivity index (χ4v) is 1.88. The highest BCUT2D eigenvalue weighted by Gasteiger charge is 2.19. The SMILES string of the molecule is CC(OC(=O)CNC(=O)c1cccc([N+](=O)[O-])c1)C(=O)Nc1ncccn1. The van der Waals surface area contributed by atoms with Crippen molar-refractivity contribution in [3.8, 4) is 0 Å². The smallest absolute Gasteiger partial charge is 0.326 e. The van der Waals surface area contributed by atoms with Gasteiger partial charge in [-0.15, -0.1) is 0 Å². The molecule has 140 valence electrons. The first-order valence-electron chi connectivity index (χ1n) is 7.67. The van der Waals surface area contributed by atoms with Crippen molar-refractivity contribution in [3.63, 3.8) is 0 Å².